The van der Waals surface area contributed by atoms with Crippen LogP contribution in [0.25, 0.3) is 0 Å². The van der Waals surface area contributed by atoms with Crippen LogP contribution in [0.2, 0.25) is 5.02 Å². The molecule has 0 heterocycles. The number of ether oxygens (including phenoxy) is 1. The molecule has 0 radical (unpaired) electrons. The second kappa shape index (κ2) is 6.37. The highest BCUT2D eigenvalue weighted by Crippen LogP contribution is 2.26. The van der Waals surface area contributed by atoms with E-state index >= 15 is 0 Å². The van der Waals surface area contributed by atoms with E-state index < -0.39 is 0 Å². The molecule has 2 rings (SSSR count). The van der Waals surface area contributed by atoms with Gasteiger partial charge in [-0.25, -0.2) is 4.39 Å². The Kier molecular flexibility index (Phi) is 4.78. The fourth-order valence-corrected chi connectivity index (χ4v) is 2.39. The second-order valence-corrected chi connectivity index (χ2v) is 5.47. The molecule has 0 saturated heterocycles. The first-order valence-corrected chi connectivity index (χ1v) is 6.99. The van der Waals surface area contributed by atoms with Crippen molar-refractivity contribution in [1.29, 1.82) is 0 Å². The number of methoxy groups -OCH3 is 1. The van der Waals surface area contributed by atoms with Gasteiger partial charge in [0, 0.05) is 15.9 Å². The van der Waals surface area contributed by atoms with Crippen LogP contribution in [0.3, 0.4) is 0 Å². The zero-order valence-electron chi connectivity index (χ0n) is 10.6. The normalized spacial score (nSPS) is 10.4. The van der Waals surface area contributed by atoms with Crippen molar-refractivity contribution in [2.45, 2.75) is 6.42 Å². The Hall–Kier alpha value is -1.39. The van der Waals surface area contributed by atoms with E-state index in [1.165, 1.54) is 19.2 Å². The van der Waals surface area contributed by atoms with Gasteiger partial charge in [-0.2, -0.15) is 0 Å². The van der Waals surface area contributed by atoms with Crippen LogP contribution in [0.15, 0.2) is 40.9 Å². The highest BCUT2D eigenvalue weighted by molar-refractivity contribution is 9.10. The molecule has 0 fully saturated rings. The summed E-state index contributed by atoms with van der Waals surface area (Å²) in [5, 5.41) is 0.491. The van der Waals surface area contributed by atoms with Crippen LogP contribution in [0.4, 0.5) is 4.39 Å². The molecular weight excluding hydrogens is 347 g/mol. The van der Waals surface area contributed by atoms with Gasteiger partial charge in [0.15, 0.2) is 5.78 Å². The third-order valence-electron chi connectivity index (χ3n) is 2.82. The van der Waals surface area contributed by atoms with Crippen molar-refractivity contribution in [2.75, 3.05) is 7.11 Å². The Morgan fingerprint density at radius 1 is 1.30 bits per heavy atom. The van der Waals surface area contributed by atoms with Crippen molar-refractivity contribution < 1.29 is 13.9 Å². The summed E-state index contributed by atoms with van der Waals surface area (Å²) in [6, 6.07) is 9.06. The molecular formula is C15H11BrClFO2. The molecule has 0 bridgehead atoms. The van der Waals surface area contributed by atoms with Crippen molar-refractivity contribution in [3.05, 3.63) is 62.8 Å². The molecule has 0 unspecified atom stereocenters. The summed E-state index contributed by atoms with van der Waals surface area (Å²) in [6.07, 6.45) is 0.0797. The van der Waals surface area contributed by atoms with Crippen molar-refractivity contribution in [3.63, 3.8) is 0 Å². The maximum atomic E-state index is 13.2. The lowest BCUT2D eigenvalue weighted by atomic mass is 10.0. The summed E-state index contributed by atoms with van der Waals surface area (Å²) in [5.41, 5.74) is 1.01. The predicted molar refractivity (Wildman–Crippen MR) is 80.1 cm³/mol. The van der Waals surface area contributed by atoms with Crippen LogP contribution in [-0.4, -0.2) is 12.9 Å². The fraction of sp³-hybridized carbons (Fsp3) is 0.133. The van der Waals surface area contributed by atoms with E-state index in [4.69, 9.17) is 16.3 Å². The number of halogens is 3. The number of rotatable bonds is 4. The fourth-order valence-electron chi connectivity index (χ4n) is 1.84. The van der Waals surface area contributed by atoms with Gasteiger partial charge in [0.2, 0.25) is 0 Å². The molecule has 0 amide bonds. The van der Waals surface area contributed by atoms with Gasteiger partial charge in [-0.1, -0.05) is 27.5 Å². The zero-order valence-corrected chi connectivity index (χ0v) is 13.0. The van der Waals surface area contributed by atoms with E-state index in [1.54, 1.807) is 24.3 Å². The molecule has 0 spiro atoms. The standard InChI is InChI=1S/C15H11BrClFO2/c1-20-15-8-10(17)2-4-12(15)14(19)7-9-6-11(18)3-5-13(9)16/h2-6,8H,7H2,1H3. The van der Waals surface area contributed by atoms with Gasteiger partial charge in [-0.15, -0.1) is 0 Å². The quantitative estimate of drug-likeness (QED) is 0.743. The van der Waals surface area contributed by atoms with Crippen molar-refractivity contribution >= 4 is 33.3 Å². The Morgan fingerprint density at radius 2 is 2.05 bits per heavy atom. The maximum Gasteiger partial charge on any atom is 0.171 e. The van der Waals surface area contributed by atoms with Crippen LogP contribution >= 0.6 is 27.5 Å². The molecule has 0 N–H and O–H groups in total. The minimum Gasteiger partial charge on any atom is -0.496 e. The molecule has 0 aliphatic carbocycles. The number of Topliss-reactive ketones (excluding diaryl/α,β-unsaturated/α-hetero) is 1. The molecule has 0 atom stereocenters. The molecule has 5 heteroatoms. The van der Waals surface area contributed by atoms with Gasteiger partial charge >= 0.3 is 0 Å². The monoisotopic (exact) mass is 356 g/mol. The molecule has 0 saturated carbocycles. The first kappa shape index (κ1) is 15.0. The first-order chi connectivity index (χ1) is 9.51. The number of carbonyl (C=O) groups excluding carboxylic acids is 1. The van der Waals surface area contributed by atoms with Gasteiger partial charge in [-0.05, 0) is 42.0 Å². The smallest absolute Gasteiger partial charge is 0.171 e. The summed E-state index contributed by atoms with van der Waals surface area (Å²) in [4.78, 5) is 12.3. The third kappa shape index (κ3) is 3.38. The van der Waals surface area contributed by atoms with Crippen LogP contribution in [0, 0.1) is 5.82 Å². The summed E-state index contributed by atoms with van der Waals surface area (Å²) in [6.45, 7) is 0. The summed E-state index contributed by atoms with van der Waals surface area (Å²) >= 11 is 9.17. The Bertz CT molecular complexity index is 658. The average Bonchev–Trinajstić information content (AvgIpc) is 2.42. The SMILES string of the molecule is COc1cc(Cl)ccc1C(=O)Cc1cc(F)ccc1Br. The highest BCUT2D eigenvalue weighted by atomic mass is 79.9. The average molecular weight is 358 g/mol. The molecule has 0 aliphatic heterocycles. The highest BCUT2D eigenvalue weighted by Gasteiger charge is 2.15. The number of carbonyl (C=O) groups is 1. The molecule has 2 nitrogen and oxygen atoms in total. The zero-order chi connectivity index (χ0) is 14.7. The third-order valence-corrected chi connectivity index (χ3v) is 3.83. The Balaban J connectivity index is 2.30. The van der Waals surface area contributed by atoms with Gasteiger partial charge in [-0.3, -0.25) is 4.79 Å². The van der Waals surface area contributed by atoms with E-state index in [9.17, 15) is 9.18 Å². The van der Waals surface area contributed by atoms with Gasteiger partial charge in [0.05, 0.1) is 12.7 Å². The van der Waals surface area contributed by atoms with Crippen LogP contribution in [0.5, 0.6) is 5.75 Å². The first-order valence-electron chi connectivity index (χ1n) is 5.82. The molecule has 0 aromatic heterocycles. The predicted octanol–water partition coefficient (Wildman–Crippen LogP) is 4.68. The largest absolute Gasteiger partial charge is 0.496 e. The lowest BCUT2D eigenvalue weighted by Crippen LogP contribution is -2.06. The summed E-state index contributed by atoms with van der Waals surface area (Å²) in [7, 11) is 1.47. The Morgan fingerprint density at radius 3 is 2.75 bits per heavy atom. The van der Waals surface area contributed by atoms with Crippen LogP contribution < -0.4 is 4.74 Å². The van der Waals surface area contributed by atoms with Gasteiger partial charge in [0.25, 0.3) is 0 Å². The Labute approximate surface area is 129 Å². The topological polar surface area (TPSA) is 26.3 Å². The van der Waals surface area contributed by atoms with E-state index in [-0.39, 0.29) is 18.0 Å². The number of hydrogen-bond acceptors (Lipinski definition) is 2. The number of ketones is 1. The van der Waals surface area contributed by atoms with E-state index in [0.29, 0.717) is 26.4 Å². The minimum atomic E-state index is -0.376. The minimum absolute atomic E-state index is 0.0797. The van der Waals surface area contributed by atoms with Crippen molar-refractivity contribution in [1.82, 2.24) is 0 Å². The van der Waals surface area contributed by atoms with Gasteiger partial charge < -0.3 is 4.74 Å². The van der Waals surface area contributed by atoms with E-state index in [1.807, 2.05) is 0 Å². The van der Waals surface area contributed by atoms with Crippen LogP contribution in [0.1, 0.15) is 15.9 Å². The summed E-state index contributed by atoms with van der Waals surface area (Å²) in [5.74, 6) is -0.126. The van der Waals surface area contributed by atoms with Crippen LogP contribution in [-0.2, 0) is 6.42 Å². The maximum absolute atomic E-state index is 13.2. The molecule has 104 valence electrons. The van der Waals surface area contributed by atoms with Crippen molar-refractivity contribution in [2.24, 2.45) is 0 Å². The van der Waals surface area contributed by atoms with Gasteiger partial charge in [0.1, 0.15) is 11.6 Å². The number of hydrogen-bond donors (Lipinski definition) is 0. The molecule has 2 aromatic carbocycles. The second-order valence-electron chi connectivity index (χ2n) is 4.18. The molecule has 0 aliphatic rings. The van der Waals surface area contributed by atoms with E-state index in [0.717, 1.165) is 0 Å². The lowest BCUT2D eigenvalue weighted by Gasteiger charge is -2.09. The molecule has 2 aromatic rings. The summed E-state index contributed by atoms with van der Waals surface area (Å²) < 4.78 is 19.1. The van der Waals surface area contributed by atoms with Crippen molar-refractivity contribution in [3.8, 4) is 5.75 Å². The molecule has 20 heavy (non-hydrogen) atoms. The number of benzene rings is 2. The van der Waals surface area contributed by atoms with E-state index in [2.05, 4.69) is 15.9 Å². The lowest BCUT2D eigenvalue weighted by molar-refractivity contribution is 0.0990.